The molecule has 2 aromatic carbocycles. The molecule has 0 aliphatic heterocycles. The molecule has 4 aromatic heterocycles. The average molecular weight is 424 g/mol. The summed E-state index contributed by atoms with van der Waals surface area (Å²) < 4.78 is 6.79. The van der Waals surface area contributed by atoms with E-state index in [9.17, 15) is 9.90 Å². The van der Waals surface area contributed by atoms with Gasteiger partial charge in [0, 0.05) is 39.5 Å². The van der Waals surface area contributed by atoms with Crippen LogP contribution in [-0.2, 0) is 11.3 Å². The Bertz CT molecular complexity index is 1680. The average Bonchev–Trinajstić information content (AvgIpc) is 3.38. The van der Waals surface area contributed by atoms with Crippen LogP contribution in [0.3, 0.4) is 0 Å². The van der Waals surface area contributed by atoms with E-state index < -0.39 is 5.97 Å². The topological polar surface area (TPSA) is 119 Å². The van der Waals surface area contributed by atoms with Gasteiger partial charge in [-0.05, 0) is 18.2 Å². The van der Waals surface area contributed by atoms with Crippen LogP contribution in [0.25, 0.3) is 49.6 Å². The molecule has 0 radical (unpaired) electrons. The number of esters is 1. The van der Waals surface area contributed by atoms with Gasteiger partial charge in [-0.15, -0.1) is 0 Å². The minimum absolute atomic E-state index is 0.00898. The Kier molecular flexibility index (Phi) is 3.92. The highest BCUT2D eigenvalue weighted by molar-refractivity contribution is 6.14. The Morgan fingerprint density at radius 3 is 2.72 bits per heavy atom. The Morgan fingerprint density at radius 1 is 1.03 bits per heavy atom. The first-order valence-corrected chi connectivity index (χ1v) is 9.91. The molecule has 0 fully saturated rings. The van der Waals surface area contributed by atoms with E-state index >= 15 is 0 Å². The maximum Gasteiger partial charge on any atom is 0.376 e. The summed E-state index contributed by atoms with van der Waals surface area (Å²) in [6.07, 6.45) is 3.37. The molecule has 2 N–H and O–H groups in total. The molecule has 9 heteroatoms. The van der Waals surface area contributed by atoms with Gasteiger partial charge >= 0.3 is 5.97 Å². The molecule has 156 valence electrons. The molecular weight excluding hydrogens is 408 g/mol. The van der Waals surface area contributed by atoms with Crippen molar-refractivity contribution >= 4 is 49.8 Å². The first kappa shape index (κ1) is 18.4. The number of H-pyrrole nitrogens is 1. The van der Waals surface area contributed by atoms with Gasteiger partial charge in [0.15, 0.2) is 5.82 Å². The van der Waals surface area contributed by atoms with E-state index in [1.165, 1.54) is 7.11 Å². The lowest BCUT2D eigenvalue weighted by molar-refractivity contribution is 0.0587. The molecule has 0 aliphatic carbocycles. The Hall–Kier alpha value is -4.37. The molecule has 0 bridgehead atoms. The molecule has 6 rings (SSSR count). The highest BCUT2D eigenvalue weighted by Crippen LogP contribution is 2.36. The van der Waals surface area contributed by atoms with Crippen LogP contribution in [0.15, 0.2) is 54.9 Å². The molecule has 32 heavy (non-hydrogen) atoms. The van der Waals surface area contributed by atoms with Crippen molar-refractivity contribution in [2.24, 2.45) is 0 Å². The number of fused-ring (bicyclic) bond motifs is 6. The number of nitrogens with zero attached hydrogens (tertiary/aromatic N) is 5. The fraction of sp³-hybridized carbons (Fsp3) is 0.0870. The molecule has 0 atom stereocenters. The van der Waals surface area contributed by atoms with E-state index in [0.29, 0.717) is 17.1 Å². The fourth-order valence-electron chi connectivity index (χ4n) is 4.19. The number of aromatic nitrogens is 6. The molecular formula is C23H16N6O3. The second kappa shape index (κ2) is 6.82. The Labute approximate surface area is 180 Å². The Morgan fingerprint density at radius 2 is 1.88 bits per heavy atom. The van der Waals surface area contributed by atoms with Gasteiger partial charge in [0.25, 0.3) is 0 Å². The molecule has 0 saturated heterocycles. The van der Waals surface area contributed by atoms with Crippen LogP contribution in [-0.4, -0.2) is 47.7 Å². The lowest BCUT2D eigenvalue weighted by Gasteiger charge is -2.09. The van der Waals surface area contributed by atoms with E-state index in [4.69, 9.17) is 4.74 Å². The summed E-state index contributed by atoms with van der Waals surface area (Å²) >= 11 is 0. The van der Waals surface area contributed by atoms with Gasteiger partial charge in [-0.25, -0.2) is 24.7 Å². The van der Waals surface area contributed by atoms with Crippen LogP contribution < -0.4 is 0 Å². The van der Waals surface area contributed by atoms with Gasteiger partial charge in [-0.1, -0.05) is 24.3 Å². The number of methoxy groups -OCH3 is 1. The molecule has 0 spiro atoms. The number of hydrogen-bond acceptors (Lipinski definition) is 7. The monoisotopic (exact) mass is 424 g/mol. The van der Waals surface area contributed by atoms with Crippen molar-refractivity contribution in [1.29, 1.82) is 0 Å². The van der Waals surface area contributed by atoms with E-state index in [1.807, 2.05) is 42.5 Å². The molecule has 0 aliphatic rings. The lowest BCUT2D eigenvalue weighted by Crippen LogP contribution is -2.06. The van der Waals surface area contributed by atoms with Gasteiger partial charge in [-0.3, -0.25) is 4.57 Å². The number of benzene rings is 2. The molecule has 9 nitrogen and oxygen atoms in total. The SMILES string of the molecule is COC(=O)c1ncc2c(n1)[nH]c1cccc(-n3c4ccccc4c4cnc(CO)nc43)c12. The Balaban J connectivity index is 1.74. The second-order valence-electron chi connectivity index (χ2n) is 7.31. The second-order valence-corrected chi connectivity index (χ2v) is 7.31. The summed E-state index contributed by atoms with van der Waals surface area (Å²) in [5.41, 5.74) is 3.91. The normalized spacial score (nSPS) is 11.7. The number of carbonyl (C=O) groups is 1. The van der Waals surface area contributed by atoms with Gasteiger partial charge in [0.05, 0.1) is 18.3 Å². The van der Waals surface area contributed by atoms with E-state index in [1.54, 1.807) is 12.4 Å². The van der Waals surface area contributed by atoms with Crippen molar-refractivity contribution in [2.45, 2.75) is 6.61 Å². The van der Waals surface area contributed by atoms with E-state index in [2.05, 4.69) is 29.5 Å². The number of para-hydroxylation sites is 1. The van der Waals surface area contributed by atoms with Gasteiger partial charge in [0.1, 0.15) is 17.9 Å². The number of aliphatic hydroxyl groups excluding tert-OH is 1. The quantitative estimate of drug-likeness (QED) is 0.419. The first-order valence-electron chi connectivity index (χ1n) is 9.91. The van der Waals surface area contributed by atoms with Crippen LogP contribution in [0.2, 0.25) is 0 Å². The number of ether oxygens (including phenoxy) is 1. The minimum atomic E-state index is -0.596. The maximum atomic E-state index is 11.9. The van der Waals surface area contributed by atoms with Crippen molar-refractivity contribution in [1.82, 2.24) is 29.5 Å². The van der Waals surface area contributed by atoms with Crippen LogP contribution in [0.5, 0.6) is 0 Å². The highest BCUT2D eigenvalue weighted by atomic mass is 16.5. The highest BCUT2D eigenvalue weighted by Gasteiger charge is 2.19. The smallest absolute Gasteiger partial charge is 0.376 e. The number of hydrogen-bond donors (Lipinski definition) is 2. The number of carbonyl (C=O) groups excluding carboxylic acids is 1. The standard InChI is InChI=1S/C23H16N6O3/c1-32-23(31)21-25-10-14-19-15(26-20(14)28-21)6-4-8-17(19)29-16-7-3-2-5-12(16)13-9-24-18(11-30)27-22(13)29/h2-10,30H,11H2,1H3,(H,25,26,28). The summed E-state index contributed by atoms with van der Waals surface area (Å²) in [5.74, 6) is -0.259. The van der Waals surface area contributed by atoms with Crippen molar-refractivity contribution in [3.05, 3.63) is 66.5 Å². The third kappa shape index (κ3) is 2.51. The third-order valence-corrected chi connectivity index (χ3v) is 5.57. The first-order chi connectivity index (χ1) is 15.7. The van der Waals surface area contributed by atoms with Crippen LogP contribution in [0.1, 0.15) is 16.4 Å². The van der Waals surface area contributed by atoms with Crippen LogP contribution in [0, 0.1) is 0 Å². The zero-order valence-corrected chi connectivity index (χ0v) is 16.9. The molecule has 0 unspecified atom stereocenters. The molecule has 0 amide bonds. The van der Waals surface area contributed by atoms with Crippen molar-refractivity contribution in [3.63, 3.8) is 0 Å². The van der Waals surface area contributed by atoms with Gasteiger partial charge in [0.2, 0.25) is 5.82 Å². The van der Waals surface area contributed by atoms with Crippen molar-refractivity contribution in [3.8, 4) is 5.69 Å². The number of nitrogens with one attached hydrogen (secondary N) is 1. The maximum absolute atomic E-state index is 11.9. The zero-order valence-electron chi connectivity index (χ0n) is 16.9. The zero-order chi connectivity index (χ0) is 21.8. The predicted octanol–water partition coefficient (Wildman–Crippen LogP) is 3.28. The summed E-state index contributed by atoms with van der Waals surface area (Å²) in [5, 5.41) is 13.2. The summed E-state index contributed by atoms with van der Waals surface area (Å²) in [7, 11) is 1.30. The number of rotatable bonds is 3. The summed E-state index contributed by atoms with van der Waals surface area (Å²) in [6.45, 7) is -0.251. The van der Waals surface area contributed by atoms with Gasteiger partial charge < -0.3 is 14.8 Å². The van der Waals surface area contributed by atoms with E-state index in [-0.39, 0.29) is 12.4 Å². The molecule has 4 heterocycles. The largest absolute Gasteiger partial charge is 0.463 e. The minimum Gasteiger partial charge on any atom is -0.463 e. The van der Waals surface area contributed by atoms with Crippen LogP contribution >= 0.6 is 0 Å². The fourth-order valence-corrected chi connectivity index (χ4v) is 4.19. The third-order valence-electron chi connectivity index (χ3n) is 5.57. The summed E-state index contributed by atoms with van der Waals surface area (Å²) in [6, 6.07) is 13.9. The predicted molar refractivity (Wildman–Crippen MR) is 119 cm³/mol. The molecule has 0 saturated carbocycles. The number of aliphatic hydroxyl groups is 1. The van der Waals surface area contributed by atoms with E-state index in [0.717, 1.165) is 38.3 Å². The van der Waals surface area contributed by atoms with Crippen molar-refractivity contribution < 1.29 is 14.6 Å². The molecule has 6 aromatic rings. The van der Waals surface area contributed by atoms with Crippen molar-refractivity contribution in [2.75, 3.05) is 7.11 Å². The number of aromatic amines is 1. The summed E-state index contributed by atoms with van der Waals surface area (Å²) in [4.78, 5) is 32.6. The lowest BCUT2D eigenvalue weighted by atomic mass is 10.1. The van der Waals surface area contributed by atoms with Gasteiger partial charge in [-0.2, -0.15) is 0 Å². The van der Waals surface area contributed by atoms with Crippen LogP contribution in [0.4, 0.5) is 0 Å².